The van der Waals surface area contributed by atoms with Gasteiger partial charge in [-0.3, -0.25) is 14.3 Å². The molecule has 0 aliphatic carbocycles. The number of aromatic nitrogens is 3. The van der Waals surface area contributed by atoms with E-state index in [-0.39, 0.29) is 30.3 Å². The largest absolute Gasteiger partial charge is 0.458 e. The van der Waals surface area contributed by atoms with Crippen molar-refractivity contribution in [2.45, 2.75) is 103 Å². The maximum absolute atomic E-state index is 14.0. The van der Waals surface area contributed by atoms with Gasteiger partial charge in [-0.1, -0.05) is 90.9 Å². The summed E-state index contributed by atoms with van der Waals surface area (Å²) >= 11 is 0. The molecule has 1 aromatic heterocycles. The van der Waals surface area contributed by atoms with E-state index in [1.165, 1.54) is 41.3 Å². The number of hydrogen-bond donors (Lipinski definition) is 1. The van der Waals surface area contributed by atoms with Crippen molar-refractivity contribution in [3.8, 4) is 0 Å². The van der Waals surface area contributed by atoms with Crippen molar-refractivity contribution in [1.82, 2.24) is 15.0 Å². The number of ether oxygens (including phenoxy) is 1. The highest BCUT2D eigenvalue weighted by molar-refractivity contribution is 6.03. The lowest BCUT2D eigenvalue weighted by atomic mass is 9.78. The maximum atomic E-state index is 14.0. The third-order valence-electron chi connectivity index (χ3n) is 10.7. The first-order valence-corrected chi connectivity index (χ1v) is 19.8. The maximum Gasteiger partial charge on any atom is 0.303 e. The molecule has 9 heteroatoms. The molecule has 0 spiro atoms. The molecule has 1 N–H and O–H groups in total. The Morgan fingerprint density at radius 1 is 0.800 bits per heavy atom. The Morgan fingerprint density at radius 3 is 2.11 bits per heavy atom. The van der Waals surface area contributed by atoms with Crippen LogP contribution in [0.2, 0.25) is 0 Å². The molecule has 6 rings (SSSR count). The molecule has 1 fully saturated rings. The van der Waals surface area contributed by atoms with Gasteiger partial charge in [0.2, 0.25) is 5.91 Å². The minimum absolute atomic E-state index is 0.0424. The number of aryl methyl sites for hydroxylation is 5. The Labute approximate surface area is 324 Å². The number of β-lactam (4-membered cyclic amide) rings is 1. The number of benzene rings is 4. The van der Waals surface area contributed by atoms with E-state index in [2.05, 4.69) is 71.0 Å². The molecule has 1 aliphatic heterocycles. The van der Waals surface area contributed by atoms with Gasteiger partial charge >= 0.3 is 5.97 Å². The number of hydrogen-bond acceptors (Lipinski definition) is 6. The normalized spacial score (nSPS) is 15.8. The third kappa shape index (κ3) is 11.0. The zero-order valence-corrected chi connectivity index (χ0v) is 31.9. The number of nitrogens with zero attached hydrogens (tertiary/aromatic N) is 4. The quantitative estimate of drug-likeness (QED) is 0.0458. The number of rotatable bonds is 21. The molecule has 288 valence electrons. The molecule has 1 aliphatic rings. The number of halogens is 1. The van der Waals surface area contributed by atoms with Gasteiger partial charge in [0.1, 0.15) is 11.9 Å². The number of carbonyl (C=O) groups is 2. The molecule has 1 saturated heterocycles. The van der Waals surface area contributed by atoms with Gasteiger partial charge in [0.05, 0.1) is 18.2 Å². The van der Waals surface area contributed by atoms with Crippen LogP contribution in [0.5, 0.6) is 0 Å². The Bertz CT molecular complexity index is 1930. The Kier molecular flexibility index (Phi) is 14.4. The third-order valence-corrected chi connectivity index (χ3v) is 10.7. The molecule has 8 nitrogen and oxygen atoms in total. The van der Waals surface area contributed by atoms with E-state index in [0.717, 1.165) is 82.0 Å². The molecule has 2 unspecified atom stereocenters. The average molecular weight is 745 g/mol. The predicted molar refractivity (Wildman–Crippen MR) is 213 cm³/mol. The first-order valence-electron chi connectivity index (χ1n) is 19.8. The molecule has 55 heavy (non-hydrogen) atoms. The molecule has 0 bridgehead atoms. The summed E-state index contributed by atoms with van der Waals surface area (Å²) < 4.78 is 21.2. The molecule has 0 saturated carbocycles. The monoisotopic (exact) mass is 744 g/mol. The second-order valence-electron chi connectivity index (χ2n) is 14.7. The van der Waals surface area contributed by atoms with Crippen LogP contribution in [0.3, 0.4) is 0 Å². The minimum Gasteiger partial charge on any atom is -0.458 e. The van der Waals surface area contributed by atoms with Crippen molar-refractivity contribution in [2.24, 2.45) is 5.92 Å². The summed E-state index contributed by atoms with van der Waals surface area (Å²) in [7, 11) is 0. The van der Waals surface area contributed by atoms with Gasteiger partial charge in [-0.25, -0.2) is 4.39 Å². The van der Waals surface area contributed by atoms with Crippen LogP contribution in [-0.2, 0) is 46.6 Å². The van der Waals surface area contributed by atoms with Crippen molar-refractivity contribution in [2.75, 3.05) is 11.5 Å². The van der Waals surface area contributed by atoms with Crippen molar-refractivity contribution < 1.29 is 23.8 Å². The summed E-state index contributed by atoms with van der Waals surface area (Å²) in [5.74, 6) is -1.03. The van der Waals surface area contributed by atoms with Crippen LogP contribution in [0.15, 0.2) is 109 Å². The van der Waals surface area contributed by atoms with Crippen LogP contribution in [-0.4, -0.2) is 38.6 Å². The van der Waals surface area contributed by atoms with E-state index in [9.17, 15) is 14.0 Å². The summed E-state index contributed by atoms with van der Waals surface area (Å²) in [6.07, 6.45) is 14.1. The van der Waals surface area contributed by atoms with Crippen LogP contribution >= 0.6 is 0 Å². The summed E-state index contributed by atoms with van der Waals surface area (Å²) in [6.45, 7) is 2.43. The standard InChI is InChI=1S/C46H53FN4O4/c1-34(53)55-44(39-22-24-41(47)25-23-39)29-28-43-45(51(46(43)54)42-26-18-36(19-27-42)11-9-31-50-32-30-48-49-50)40-20-16-35(17-21-40)10-8-15-38-14-6-5-13-37(38)12-4-2-3-7-33-52/h5-6,13-14,16-27,30,32,43-45,52H,2-4,7-12,15,28-29,31,33H2,1H3/t43?,44-,45?/m0/s1. The van der Waals surface area contributed by atoms with E-state index in [1.54, 1.807) is 18.3 Å². The Hall–Kier alpha value is -5.15. The molecule has 2 heterocycles. The number of aliphatic hydroxyl groups is 1. The van der Waals surface area contributed by atoms with Crippen LogP contribution in [0.25, 0.3) is 0 Å². The zero-order valence-electron chi connectivity index (χ0n) is 31.9. The zero-order chi connectivity index (χ0) is 38.4. The van der Waals surface area contributed by atoms with Crippen LogP contribution in [0, 0.1) is 11.7 Å². The summed E-state index contributed by atoms with van der Waals surface area (Å²) in [5.41, 5.74) is 7.94. The SMILES string of the molecule is CC(=O)O[C@@H](CCC1C(=O)N(c2ccc(CCCn3ccnn3)cc2)C1c1ccc(CCCc2ccccc2CCCCCCO)cc1)c1ccc(F)cc1. The fourth-order valence-electron chi connectivity index (χ4n) is 7.81. The van der Waals surface area contributed by atoms with E-state index in [1.807, 2.05) is 27.9 Å². The highest BCUT2D eigenvalue weighted by atomic mass is 19.1. The first kappa shape index (κ1) is 39.5. The molecule has 0 radical (unpaired) electrons. The first-order chi connectivity index (χ1) is 26.9. The van der Waals surface area contributed by atoms with Gasteiger partial charge in [0.25, 0.3) is 0 Å². The smallest absolute Gasteiger partial charge is 0.303 e. The lowest BCUT2D eigenvalue weighted by Crippen LogP contribution is -2.55. The van der Waals surface area contributed by atoms with Gasteiger partial charge in [0, 0.05) is 32.0 Å². The summed E-state index contributed by atoms with van der Waals surface area (Å²) in [4.78, 5) is 27.9. The van der Waals surface area contributed by atoms with E-state index >= 15 is 0 Å². The topological polar surface area (TPSA) is 97.6 Å². The number of aliphatic hydroxyl groups excluding tert-OH is 1. The van der Waals surface area contributed by atoms with E-state index in [4.69, 9.17) is 9.84 Å². The summed E-state index contributed by atoms with van der Waals surface area (Å²) in [6, 6.07) is 31.6. The molecule has 4 aromatic carbocycles. The van der Waals surface area contributed by atoms with Gasteiger partial charge in [-0.2, -0.15) is 0 Å². The number of carbonyl (C=O) groups excluding carboxylic acids is 2. The number of esters is 1. The van der Waals surface area contributed by atoms with Crippen molar-refractivity contribution in [3.05, 3.63) is 149 Å². The molecular formula is C46H53FN4O4. The fourth-order valence-corrected chi connectivity index (χ4v) is 7.81. The number of anilines is 1. The Balaban J connectivity index is 1.13. The van der Waals surface area contributed by atoms with E-state index in [0.29, 0.717) is 18.4 Å². The minimum atomic E-state index is -0.573. The molecular weight excluding hydrogens is 692 g/mol. The fraction of sp³-hybridized carbons (Fsp3) is 0.391. The lowest BCUT2D eigenvalue weighted by molar-refractivity contribution is -0.147. The van der Waals surface area contributed by atoms with E-state index < -0.39 is 12.1 Å². The van der Waals surface area contributed by atoms with Crippen LogP contribution in [0.4, 0.5) is 10.1 Å². The second kappa shape index (κ2) is 20.0. The highest BCUT2D eigenvalue weighted by Crippen LogP contribution is 2.46. The number of amides is 1. The van der Waals surface area contributed by atoms with Gasteiger partial charge in [-0.05, 0) is 122 Å². The van der Waals surface area contributed by atoms with Crippen LogP contribution < -0.4 is 4.90 Å². The predicted octanol–water partition coefficient (Wildman–Crippen LogP) is 9.11. The number of unbranched alkanes of at least 4 members (excludes halogenated alkanes) is 3. The molecule has 5 aromatic rings. The highest BCUT2D eigenvalue weighted by Gasteiger charge is 2.48. The molecule has 1 amide bonds. The Morgan fingerprint density at radius 2 is 1.45 bits per heavy atom. The van der Waals surface area contributed by atoms with Crippen molar-refractivity contribution in [3.63, 3.8) is 0 Å². The van der Waals surface area contributed by atoms with Gasteiger partial charge in [-0.15, -0.1) is 5.10 Å². The van der Waals surface area contributed by atoms with Gasteiger partial charge < -0.3 is 14.7 Å². The van der Waals surface area contributed by atoms with Crippen molar-refractivity contribution in [1.29, 1.82) is 0 Å². The lowest BCUT2D eigenvalue weighted by Gasteiger charge is -2.48. The van der Waals surface area contributed by atoms with Crippen LogP contribution in [0.1, 0.15) is 104 Å². The second-order valence-corrected chi connectivity index (χ2v) is 14.7. The average Bonchev–Trinajstić information content (AvgIpc) is 3.72. The molecule has 3 atom stereocenters. The summed E-state index contributed by atoms with van der Waals surface area (Å²) in [5, 5.41) is 17.0. The van der Waals surface area contributed by atoms with Gasteiger partial charge in [0.15, 0.2) is 0 Å². The van der Waals surface area contributed by atoms with Crippen molar-refractivity contribution >= 4 is 17.6 Å².